The average Bonchev–Trinajstić information content (AvgIpc) is 2.71. The fraction of sp³-hybridized carbons (Fsp3) is 0.727. The van der Waals surface area contributed by atoms with Crippen LogP contribution in [0.4, 0.5) is 10.8 Å². The van der Waals surface area contributed by atoms with E-state index in [-0.39, 0.29) is 10.7 Å². The molecule has 0 bridgehead atoms. The van der Waals surface area contributed by atoms with Crippen LogP contribution in [0.3, 0.4) is 0 Å². The van der Waals surface area contributed by atoms with Gasteiger partial charge in [0.1, 0.15) is 5.00 Å². The molecule has 1 atom stereocenters. The molecule has 1 fully saturated rings. The Balaban J connectivity index is 2.43. The Morgan fingerprint density at radius 2 is 2.16 bits per heavy atom. The molecule has 6 nitrogen and oxygen atoms in total. The predicted molar refractivity (Wildman–Crippen MR) is 78.0 cm³/mol. The predicted octanol–water partition coefficient (Wildman–Crippen LogP) is 1.21. The Morgan fingerprint density at radius 3 is 2.74 bits per heavy atom. The molecule has 1 aliphatic heterocycles. The first-order valence-electron chi connectivity index (χ1n) is 6.26. The fourth-order valence-electron chi connectivity index (χ4n) is 2.29. The molecule has 0 saturated carbocycles. The molecule has 2 heterocycles. The minimum atomic E-state index is -3.55. The van der Waals surface area contributed by atoms with Gasteiger partial charge in [0.15, 0.2) is 10.7 Å². The standard InChI is InChI=1S/C11H20N4O2S2/c1-8-5-4-6-15(7-8)11-9(10(12)13-18-11)19(16,17)14(2)3/h8H,4-7H2,1-3H3,(H2,12,13). The zero-order valence-electron chi connectivity index (χ0n) is 11.5. The van der Waals surface area contributed by atoms with Gasteiger partial charge in [-0.05, 0) is 30.3 Å². The maximum Gasteiger partial charge on any atom is 0.249 e. The highest BCUT2D eigenvalue weighted by atomic mass is 32.2. The molecule has 0 aliphatic carbocycles. The van der Waals surface area contributed by atoms with Crippen LogP contribution in [0.2, 0.25) is 0 Å². The highest BCUT2D eigenvalue weighted by molar-refractivity contribution is 7.89. The topological polar surface area (TPSA) is 79.5 Å². The van der Waals surface area contributed by atoms with Crippen LogP contribution in [-0.4, -0.2) is 44.3 Å². The monoisotopic (exact) mass is 304 g/mol. The van der Waals surface area contributed by atoms with E-state index in [9.17, 15) is 8.42 Å². The minimum Gasteiger partial charge on any atom is -0.382 e. The second-order valence-corrected chi connectivity index (χ2v) is 8.02. The molecule has 0 spiro atoms. The summed E-state index contributed by atoms with van der Waals surface area (Å²) in [4.78, 5) is 2.26. The van der Waals surface area contributed by atoms with Crippen LogP contribution in [-0.2, 0) is 10.0 Å². The number of sulfonamides is 1. The van der Waals surface area contributed by atoms with E-state index < -0.39 is 10.0 Å². The van der Waals surface area contributed by atoms with Crippen molar-refractivity contribution in [1.82, 2.24) is 8.68 Å². The van der Waals surface area contributed by atoms with E-state index in [4.69, 9.17) is 5.73 Å². The Kier molecular flexibility index (Phi) is 4.03. The van der Waals surface area contributed by atoms with E-state index >= 15 is 0 Å². The summed E-state index contributed by atoms with van der Waals surface area (Å²) in [6.45, 7) is 3.90. The second kappa shape index (κ2) is 5.26. The van der Waals surface area contributed by atoms with Crippen LogP contribution < -0.4 is 10.6 Å². The van der Waals surface area contributed by atoms with E-state index in [0.29, 0.717) is 10.9 Å². The number of anilines is 2. The van der Waals surface area contributed by atoms with Gasteiger partial charge in [-0.3, -0.25) is 0 Å². The van der Waals surface area contributed by atoms with E-state index in [1.807, 2.05) is 0 Å². The van der Waals surface area contributed by atoms with Crippen molar-refractivity contribution < 1.29 is 8.42 Å². The largest absolute Gasteiger partial charge is 0.382 e. The van der Waals surface area contributed by atoms with Gasteiger partial charge in [0.25, 0.3) is 0 Å². The van der Waals surface area contributed by atoms with Crippen molar-refractivity contribution in [3.05, 3.63) is 0 Å². The van der Waals surface area contributed by atoms with Crippen molar-refractivity contribution >= 4 is 32.4 Å². The summed E-state index contributed by atoms with van der Waals surface area (Å²) in [7, 11) is -0.529. The van der Waals surface area contributed by atoms with Crippen LogP contribution in [0.5, 0.6) is 0 Å². The number of piperidine rings is 1. The van der Waals surface area contributed by atoms with Crippen LogP contribution in [0, 0.1) is 5.92 Å². The first-order chi connectivity index (χ1) is 8.84. The minimum absolute atomic E-state index is 0.104. The number of nitrogens with zero attached hydrogens (tertiary/aromatic N) is 3. The lowest BCUT2D eigenvalue weighted by atomic mass is 10.0. The first kappa shape index (κ1) is 14.5. The highest BCUT2D eigenvalue weighted by Gasteiger charge is 2.31. The van der Waals surface area contributed by atoms with Gasteiger partial charge < -0.3 is 10.6 Å². The fourth-order valence-corrected chi connectivity index (χ4v) is 4.54. The molecular weight excluding hydrogens is 284 g/mol. The van der Waals surface area contributed by atoms with Crippen LogP contribution in [0.15, 0.2) is 4.90 Å². The van der Waals surface area contributed by atoms with E-state index in [2.05, 4.69) is 16.2 Å². The van der Waals surface area contributed by atoms with Crippen LogP contribution in [0.25, 0.3) is 0 Å². The van der Waals surface area contributed by atoms with Gasteiger partial charge >= 0.3 is 0 Å². The van der Waals surface area contributed by atoms with Gasteiger partial charge in [-0.1, -0.05) is 6.92 Å². The summed E-state index contributed by atoms with van der Waals surface area (Å²) in [5, 5.41) is 0.678. The molecule has 2 N–H and O–H groups in total. The molecule has 108 valence electrons. The average molecular weight is 304 g/mol. The van der Waals surface area contributed by atoms with Gasteiger partial charge in [0.05, 0.1) is 0 Å². The Hall–Kier alpha value is -0.860. The zero-order chi connectivity index (χ0) is 14.2. The third-order valence-corrected chi connectivity index (χ3v) is 6.27. The molecule has 8 heteroatoms. The molecule has 2 rings (SSSR count). The lowest BCUT2D eigenvalue weighted by Crippen LogP contribution is -2.35. The summed E-state index contributed by atoms with van der Waals surface area (Å²) >= 11 is 1.17. The van der Waals surface area contributed by atoms with E-state index in [1.165, 1.54) is 36.4 Å². The van der Waals surface area contributed by atoms with Crippen molar-refractivity contribution in [2.45, 2.75) is 24.7 Å². The molecule has 1 aliphatic rings. The molecule has 0 amide bonds. The number of nitrogen functional groups attached to an aromatic ring is 1. The SMILES string of the molecule is CC1CCCN(c2snc(N)c2S(=O)(=O)N(C)C)C1. The van der Waals surface area contributed by atoms with Crippen molar-refractivity contribution in [2.75, 3.05) is 37.8 Å². The maximum atomic E-state index is 12.3. The lowest BCUT2D eigenvalue weighted by molar-refractivity contribution is 0.446. The number of rotatable bonds is 3. The van der Waals surface area contributed by atoms with Crippen molar-refractivity contribution in [1.29, 1.82) is 0 Å². The normalized spacial score (nSPS) is 21.1. The van der Waals surface area contributed by atoms with Gasteiger partial charge in [-0.25, -0.2) is 12.7 Å². The maximum absolute atomic E-state index is 12.3. The van der Waals surface area contributed by atoms with Gasteiger partial charge in [0.2, 0.25) is 10.0 Å². The van der Waals surface area contributed by atoms with Crippen molar-refractivity contribution in [3.63, 3.8) is 0 Å². The summed E-state index contributed by atoms with van der Waals surface area (Å²) in [6, 6.07) is 0. The van der Waals surface area contributed by atoms with Gasteiger partial charge in [-0.15, -0.1) is 0 Å². The second-order valence-electron chi connectivity index (χ2n) is 5.18. The number of hydrogen-bond donors (Lipinski definition) is 1. The Morgan fingerprint density at radius 1 is 1.47 bits per heavy atom. The number of hydrogen-bond acceptors (Lipinski definition) is 6. The molecule has 1 aromatic rings. The molecule has 19 heavy (non-hydrogen) atoms. The van der Waals surface area contributed by atoms with E-state index in [1.54, 1.807) is 0 Å². The Labute approximate surface area is 118 Å². The molecule has 1 saturated heterocycles. The molecular formula is C11H20N4O2S2. The first-order valence-corrected chi connectivity index (χ1v) is 8.48. The summed E-state index contributed by atoms with van der Waals surface area (Å²) in [5.74, 6) is 0.666. The summed E-state index contributed by atoms with van der Waals surface area (Å²) < 4.78 is 29.9. The summed E-state index contributed by atoms with van der Waals surface area (Å²) in [5.41, 5.74) is 5.77. The van der Waals surface area contributed by atoms with Gasteiger partial charge in [0, 0.05) is 27.2 Å². The third-order valence-electron chi connectivity index (χ3n) is 3.34. The molecule has 0 radical (unpaired) electrons. The smallest absolute Gasteiger partial charge is 0.249 e. The van der Waals surface area contributed by atoms with Crippen molar-refractivity contribution in [3.8, 4) is 0 Å². The molecule has 1 unspecified atom stereocenters. The van der Waals surface area contributed by atoms with Gasteiger partial charge in [-0.2, -0.15) is 4.37 Å². The van der Waals surface area contributed by atoms with E-state index in [0.717, 1.165) is 19.5 Å². The number of aromatic nitrogens is 1. The molecule has 0 aromatic carbocycles. The summed E-state index contributed by atoms with van der Waals surface area (Å²) in [6.07, 6.45) is 2.25. The van der Waals surface area contributed by atoms with Crippen LogP contribution in [0.1, 0.15) is 19.8 Å². The highest BCUT2D eigenvalue weighted by Crippen LogP contribution is 2.37. The third kappa shape index (κ3) is 2.70. The van der Waals surface area contributed by atoms with Crippen LogP contribution >= 0.6 is 11.5 Å². The Bertz CT molecular complexity index is 553. The number of nitrogens with two attached hydrogens (primary N) is 1. The molecule has 1 aromatic heterocycles. The lowest BCUT2D eigenvalue weighted by Gasteiger charge is -2.32. The zero-order valence-corrected chi connectivity index (χ0v) is 13.1. The van der Waals surface area contributed by atoms with Crippen molar-refractivity contribution in [2.24, 2.45) is 5.92 Å². The quantitative estimate of drug-likeness (QED) is 0.908.